The maximum Gasteiger partial charge on any atom is 0.310 e. The van der Waals surface area contributed by atoms with Crippen LogP contribution < -0.4 is 10.5 Å². The maximum atomic E-state index is 13.0. The Morgan fingerprint density at radius 2 is 2.05 bits per heavy atom. The lowest BCUT2D eigenvalue weighted by molar-refractivity contribution is -0.386. The molecule has 0 unspecified atom stereocenters. The number of halogens is 2. The van der Waals surface area contributed by atoms with Crippen molar-refractivity contribution in [2.24, 2.45) is 5.73 Å². The van der Waals surface area contributed by atoms with Gasteiger partial charge < -0.3 is 10.5 Å². The Morgan fingerprint density at radius 1 is 1.29 bits per heavy atom. The van der Waals surface area contributed by atoms with Gasteiger partial charge in [-0.2, -0.15) is 0 Å². The van der Waals surface area contributed by atoms with Crippen LogP contribution in [0.2, 0.25) is 0 Å². The van der Waals surface area contributed by atoms with Crippen LogP contribution in [0.1, 0.15) is 11.1 Å². The summed E-state index contributed by atoms with van der Waals surface area (Å²) in [4.78, 5) is 10.5. The first-order valence-electron chi connectivity index (χ1n) is 6.05. The lowest BCUT2D eigenvalue weighted by atomic mass is 10.2. The standard InChI is InChI=1S/C14H12BrFN2O3/c15-12-6-11(16)3-2-10(12)8-21-14-5-9(7-17)1-4-13(14)18(19)20/h1-6H,7-8,17H2. The highest BCUT2D eigenvalue weighted by Gasteiger charge is 2.16. The van der Waals surface area contributed by atoms with Gasteiger partial charge in [-0.15, -0.1) is 0 Å². The van der Waals surface area contributed by atoms with E-state index in [-0.39, 0.29) is 30.4 Å². The SMILES string of the molecule is NCc1ccc([N+](=O)[O-])c(OCc2ccc(F)cc2Br)c1. The molecule has 0 spiro atoms. The highest BCUT2D eigenvalue weighted by molar-refractivity contribution is 9.10. The third-order valence-electron chi connectivity index (χ3n) is 2.85. The van der Waals surface area contributed by atoms with Crippen molar-refractivity contribution in [1.82, 2.24) is 0 Å². The first-order valence-corrected chi connectivity index (χ1v) is 6.84. The van der Waals surface area contributed by atoms with Crippen LogP contribution in [0.3, 0.4) is 0 Å². The number of nitrogens with two attached hydrogens (primary N) is 1. The van der Waals surface area contributed by atoms with Crippen LogP contribution in [0, 0.1) is 15.9 Å². The molecule has 0 radical (unpaired) electrons. The second kappa shape index (κ2) is 6.64. The lowest BCUT2D eigenvalue weighted by Crippen LogP contribution is -2.02. The molecule has 0 aliphatic heterocycles. The minimum Gasteiger partial charge on any atom is -0.482 e. The van der Waals surface area contributed by atoms with Crippen molar-refractivity contribution in [3.8, 4) is 5.75 Å². The average molecular weight is 355 g/mol. The van der Waals surface area contributed by atoms with E-state index in [0.717, 1.165) is 5.56 Å². The second-order valence-electron chi connectivity index (χ2n) is 4.29. The molecule has 5 nitrogen and oxygen atoms in total. The number of nitro benzene ring substituents is 1. The van der Waals surface area contributed by atoms with E-state index < -0.39 is 4.92 Å². The fourth-order valence-corrected chi connectivity index (χ4v) is 2.21. The van der Waals surface area contributed by atoms with E-state index in [4.69, 9.17) is 10.5 Å². The van der Waals surface area contributed by atoms with E-state index in [1.54, 1.807) is 12.1 Å². The molecule has 0 aliphatic carbocycles. The predicted octanol–water partition coefficient (Wildman–Crippen LogP) is 3.53. The molecule has 0 fully saturated rings. The van der Waals surface area contributed by atoms with Crippen molar-refractivity contribution in [2.75, 3.05) is 0 Å². The van der Waals surface area contributed by atoms with Crippen LogP contribution in [0.25, 0.3) is 0 Å². The number of rotatable bonds is 5. The Labute approximate surface area is 128 Å². The Balaban J connectivity index is 2.24. The molecule has 0 heterocycles. The van der Waals surface area contributed by atoms with E-state index >= 15 is 0 Å². The van der Waals surface area contributed by atoms with Crippen molar-refractivity contribution in [3.63, 3.8) is 0 Å². The van der Waals surface area contributed by atoms with Crippen molar-refractivity contribution < 1.29 is 14.1 Å². The average Bonchev–Trinajstić information content (AvgIpc) is 2.45. The van der Waals surface area contributed by atoms with Crippen LogP contribution in [0.5, 0.6) is 5.75 Å². The van der Waals surface area contributed by atoms with E-state index in [2.05, 4.69) is 15.9 Å². The van der Waals surface area contributed by atoms with Gasteiger partial charge in [0, 0.05) is 22.6 Å². The number of nitrogens with zero attached hydrogens (tertiary/aromatic N) is 1. The second-order valence-corrected chi connectivity index (χ2v) is 5.14. The minimum atomic E-state index is -0.519. The summed E-state index contributed by atoms with van der Waals surface area (Å²) in [6.45, 7) is 0.338. The molecule has 0 aliphatic rings. The summed E-state index contributed by atoms with van der Waals surface area (Å²) < 4.78 is 19.0. The maximum absolute atomic E-state index is 13.0. The summed E-state index contributed by atoms with van der Waals surface area (Å²) in [5, 5.41) is 11.0. The van der Waals surface area contributed by atoms with Crippen molar-refractivity contribution in [3.05, 3.63) is 67.9 Å². The molecule has 0 bridgehead atoms. The zero-order chi connectivity index (χ0) is 15.4. The van der Waals surface area contributed by atoms with Gasteiger partial charge in [-0.1, -0.05) is 28.1 Å². The van der Waals surface area contributed by atoms with Gasteiger partial charge in [0.1, 0.15) is 12.4 Å². The summed E-state index contributed by atoms with van der Waals surface area (Å²) in [6.07, 6.45) is 0. The van der Waals surface area contributed by atoms with Gasteiger partial charge in [-0.05, 0) is 23.8 Å². The third-order valence-corrected chi connectivity index (χ3v) is 3.59. The third kappa shape index (κ3) is 3.77. The van der Waals surface area contributed by atoms with Crippen LogP contribution in [-0.4, -0.2) is 4.92 Å². The van der Waals surface area contributed by atoms with Crippen LogP contribution in [0.4, 0.5) is 10.1 Å². The summed E-state index contributed by atoms with van der Waals surface area (Å²) in [5.74, 6) is -0.235. The lowest BCUT2D eigenvalue weighted by Gasteiger charge is -2.09. The zero-order valence-corrected chi connectivity index (χ0v) is 12.5. The summed E-state index contributed by atoms with van der Waals surface area (Å²) in [6, 6.07) is 8.64. The Morgan fingerprint density at radius 3 is 2.67 bits per heavy atom. The molecule has 0 saturated heterocycles. The smallest absolute Gasteiger partial charge is 0.310 e. The molecule has 0 saturated carbocycles. The Hall–Kier alpha value is -1.99. The molecule has 0 atom stereocenters. The fraction of sp³-hybridized carbons (Fsp3) is 0.143. The van der Waals surface area contributed by atoms with E-state index in [1.165, 1.54) is 24.3 Å². The first-order chi connectivity index (χ1) is 10.0. The van der Waals surface area contributed by atoms with Crippen LogP contribution >= 0.6 is 15.9 Å². The van der Waals surface area contributed by atoms with Gasteiger partial charge >= 0.3 is 5.69 Å². The molecular weight excluding hydrogens is 343 g/mol. The van der Waals surface area contributed by atoms with Gasteiger partial charge in [-0.3, -0.25) is 10.1 Å². The number of hydrogen-bond donors (Lipinski definition) is 1. The number of nitro groups is 1. The normalized spacial score (nSPS) is 10.4. The van der Waals surface area contributed by atoms with Crippen LogP contribution in [0.15, 0.2) is 40.9 Å². The van der Waals surface area contributed by atoms with Gasteiger partial charge in [-0.25, -0.2) is 4.39 Å². The zero-order valence-electron chi connectivity index (χ0n) is 10.9. The van der Waals surface area contributed by atoms with E-state index in [0.29, 0.717) is 10.0 Å². The summed E-state index contributed by atoms with van der Waals surface area (Å²) in [5.41, 5.74) is 6.80. The predicted molar refractivity (Wildman–Crippen MR) is 79.4 cm³/mol. The van der Waals surface area contributed by atoms with Crippen LogP contribution in [-0.2, 0) is 13.2 Å². The highest BCUT2D eigenvalue weighted by Crippen LogP contribution is 2.29. The van der Waals surface area contributed by atoms with E-state index in [9.17, 15) is 14.5 Å². The van der Waals surface area contributed by atoms with Gasteiger partial charge in [0.05, 0.1) is 4.92 Å². The monoisotopic (exact) mass is 354 g/mol. The van der Waals surface area contributed by atoms with Crippen molar-refractivity contribution in [2.45, 2.75) is 13.2 Å². The van der Waals surface area contributed by atoms with E-state index in [1.807, 2.05) is 0 Å². The highest BCUT2D eigenvalue weighted by atomic mass is 79.9. The number of hydrogen-bond acceptors (Lipinski definition) is 4. The molecular formula is C14H12BrFN2O3. The summed E-state index contributed by atoms with van der Waals surface area (Å²) in [7, 11) is 0. The molecule has 7 heteroatoms. The molecule has 2 N–H and O–H groups in total. The molecule has 2 aromatic rings. The first kappa shape index (κ1) is 15.4. The number of ether oxygens (including phenoxy) is 1. The fourth-order valence-electron chi connectivity index (χ4n) is 1.75. The largest absolute Gasteiger partial charge is 0.482 e. The Kier molecular flexibility index (Phi) is 4.87. The minimum absolute atomic E-state index is 0.0791. The number of benzene rings is 2. The van der Waals surface area contributed by atoms with Crippen molar-refractivity contribution in [1.29, 1.82) is 0 Å². The Bertz CT molecular complexity index is 679. The quantitative estimate of drug-likeness (QED) is 0.657. The molecule has 0 aromatic heterocycles. The molecule has 2 aromatic carbocycles. The summed E-state index contributed by atoms with van der Waals surface area (Å²) >= 11 is 3.22. The molecule has 0 amide bonds. The molecule has 21 heavy (non-hydrogen) atoms. The topological polar surface area (TPSA) is 78.4 Å². The molecule has 110 valence electrons. The van der Waals surface area contributed by atoms with Gasteiger partial charge in [0.25, 0.3) is 0 Å². The van der Waals surface area contributed by atoms with Crippen molar-refractivity contribution >= 4 is 21.6 Å². The molecule has 2 rings (SSSR count). The van der Waals surface area contributed by atoms with Gasteiger partial charge in [0.15, 0.2) is 5.75 Å². The van der Waals surface area contributed by atoms with Gasteiger partial charge in [0.2, 0.25) is 0 Å².